The molecule has 0 unspecified atom stereocenters. The van der Waals surface area contributed by atoms with Crippen molar-refractivity contribution in [1.82, 2.24) is 9.97 Å². The van der Waals surface area contributed by atoms with Crippen molar-refractivity contribution in [3.63, 3.8) is 0 Å². The van der Waals surface area contributed by atoms with Crippen LogP contribution < -0.4 is 15.8 Å². The first-order chi connectivity index (χ1) is 15.6. The average molecular weight is 440 g/mol. The van der Waals surface area contributed by atoms with Gasteiger partial charge in [0.2, 0.25) is 0 Å². The van der Waals surface area contributed by atoms with Crippen LogP contribution in [0.3, 0.4) is 0 Å². The Kier molecular flexibility index (Phi) is 6.88. The van der Waals surface area contributed by atoms with Gasteiger partial charge in [-0.3, -0.25) is 0 Å². The van der Waals surface area contributed by atoms with Gasteiger partial charge in [-0.25, -0.2) is 9.97 Å². The van der Waals surface area contributed by atoms with E-state index in [0.29, 0.717) is 16.6 Å². The van der Waals surface area contributed by atoms with E-state index in [0.717, 1.165) is 22.2 Å². The normalized spacial score (nSPS) is 11.2. The molecule has 4 nitrogen and oxygen atoms in total. The lowest BCUT2D eigenvalue weighted by molar-refractivity contribution is 0.551. The van der Waals surface area contributed by atoms with Crippen molar-refractivity contribution in [2.75, 3.05) is 19.0 Å². The Balaban J connectivity index is 1.79. The molecular weight excluding hydrogens is 417 g/mol. The summed E-state index contributed by atoms with van der Waals surface area (Å²) in [5.74, 6) is 0.697. The molecule has 0 aliphatic heterocycles. The Morgan fingerprint density at radius 1 is 0.844 bits per heavy atom. The van der Waals surface area contributed by atoms with Crippen LogP contribution in [0.2, 0.25) is 5.15 Å². The van der Waals surface area contributed by atoms with Crippen LogP contribution in [0.5, 0.6) is 0 Å². The molecule has 6 heteroatoms. The maximum atomic E-state index is 6.70. The summed E-state index contributed by atoms with van der Waals surface area (Å²) < 4.78 is 6.70. The highest BCUT2D eigenvalue weighted by Gasteiger charge is 2.24. The lowest BCUT2D eigenvalue weighted by Crippen LogP contribution is -2.44. The van der Waals surface area contributed by atoms with Gasteiger partial charge >= 0.3 is 6.92 Å². The number of aromatic nitrogens is 2. The number of benzene rings is 3. The SMILES string of the molecule is CN(C)c1ccc(/C(=C\c2cc(Cl)ncn2)OB(c2ccccc2)c2ccccc2)cc1. The molecule has 0 bridgehead atoms. The number of halogens is 1. The van der Waals surface area contributed by atoms with Crippen LogP contribution in [0.25, 0.3) is 11.8 Å². The second kappa shape index (κ2) is 10.2. The van der Waals surface area contributed by atoms with Crippen molar-refractivity contribution in [2.45, 2.75) is 0 Å². The molecule has 0 fully saturated rings. The Hall–Kier alpha value is -3.57. The molecule has 0 atom stereocenters. The number of hydrogen-bond donors (Lipinski definition) is 0. The van der Waals surface area contributed by atoms with E-state index in [1.807, 2.05) is 56.6 Å². The average Bonchev–Trinajstić information content (AvgIpc) is 2.83. The lowest BCUT2D eigenvalue weighted by atomic mass is 9.55. The van der Waals surface area contributed by atoms with E-state index in [2.05, 4.69) is 63.4 Å². The molecule has 0 radical (unpaired) electrons. The molecule has 1 heterocycles. The largest absolute Gasteiger partial charge is 0.551 e. The fraction of sp³-hybridized carbons (Fsp3) is 0.0769. The van der Waals surface area contributed by atoms with E-state index in [-0.39, 0.29) is 6.92 Å². The summed E-state index contributed by atoms with van der Waals surface area (Å²) in [6.07, 6.45) is 3.35. The van der Waals surface area contributed by atoms with E-state index in [1.54, 1.807) is 6.07 Å². The number of nitrogens with zero attached hydrogens (tertiary/aromatic N) is 3. The highest BCUT2D eigenvalue weighted by Crippen LogP contribution is 2.23. The van der Waals surface area contributed by atoms with Gasteiger partial charge in [-0.1, -0.05) is 72.3 Å². The van der Waals surface area contributed by atoms with Gasteiger partial charge < -0.3 is 9.55 Å². The van der Waals surface area contributed by atoms with Crippen LogP contribution in [0.4, 0.5) is 5.69 Å². The summed E-state index contributed by atoms with van der Waals surface area (Å²) in [6, 6.07) is 30.4. The molecule has 0 aliphatic carbocycles. The van der Waals surface area contributed by atoms with Crippen LogP contribution in [-0.4, -0.2) is 31.0 Å². The summed E-state index contributed by atoms with van der Waals surface area (Å²) in [6.45, 7) is -0.283. The van der Waals surface area contributed by atoms with Gasteiger partial charge in [-0.15, -0.1) is 0 Å². The molecule has 0 amide bonds. The maximum absolute atomic E-state index is 6.70. The molecule has 0 spiro atoms. The van der Waals surface area contributed by atoms with Gasteiger partial charge in [0.05, 0.1) is 5.69 Å². The third-order valence-electron chi connectivity index (χ3n) is 5.05. The van der Waals surface area contributed by atoms with Crippen LogP contribution in [0, 0.1) is 0 Å². The second-order valence-electron chi connectivity index (χ2n) is 7.53. The third kappa shape index (κ3) is 5.37. The zero-order valence-electron chi connectivity index (χ0n) is 18.0. The van der Waals surface area contributed by atoms with E-state index < -0.39 is 0 Å². The van der Waals surface area contributed by atoms with Gasteiger partial charge in [0.15, 0.2) is 0 Å². The molecule has 158 valence electrons. The van der Waals surface area contributed by atoms with Crippen molar-refractivity contribution in [3.05, 3.63) is 114 Å². The molecule has 4 rings (SSSR count). The summed E-state index contributed by atoms with van der Waals surface area (Å²) in [7, 11) is 4.04. The first-order valence-corrected chi connectivity index (χ1v) is 10.7. The Morgan fingerprint density at radius 3 is 1.97 bits per heavy atom. The first-order valence-electron chi connectivity index (χ1n) is 10.3. The summed E-state index contributed by atoms with van der Waals surface area (Å²) in [5, 5.41) is 0.385. The van der Waals surface area contributed by atoms with Crippen LogP contribution in [0.1, 0.15) is 11.3 Å². The minimum Gasteiger partial charge on any atom is -0.551 e. The fourth-order valence-corrected chi connectivity index (χ4v) is 3.54. The molecule has 0 aliphatic rings. The summed E-state index contributed by atoms with van der Waals surface area (Å²) >= 11 is 6.10. The van der Waals surface area contributed by atoms with Gasteiger partial charge in [0, 0.05) is 37.5 Å². The second-order valence-corrected chi connectivity index (χ2v) is 7.92. The summed E-state index contributed by atoms with van der Waals surface area (Å²) in [5.41, 5.74) is 4.87. The van der Waals surface area contributed by atoms with Gasteiger partial charge in [0.25, 0.3) is 0 Å². The molecule has 32 heavy (non-hydrogen) atoms. The monoisotopic (exact) mass is 439 g/mol. The summed E-state index contributed by atoms with van der Waals surface area (Å²) in [4.78, 5) is 10.4. The molecule has 0 N–H and O–H groups in total. The number of anilines is 1. The molecule has 0 saturated heterocycles. The van der Waals surface area contributed by atoms with Crippen LogP contribution in [-0.2, 0) is 4.65 Å². The zero-order chi connectivity index (χ0) is 22.3. The van der Waals surface area contributed by atoms with E-state index in [1.165, 1.54) is 6.33 Å². The van der Waals surface area contributed by atoms with Crippen LogP contribution in [0.15, 0.2) is 97.3 Å². The smallest absolute Gasteiger partial charge is 0.426 e. The topological polar surface area (TPSA) is 38.2 Å². The van der Waals surface area contributed by atoms with Crippen LogP contribution >= 0.6 is 11.6 Å². The first kappa shape index (κ1) is 21.7. The Labute approximate surface area is 194 Å². The minimum atomic E-state index is -0.283. The third-order valence-corrected chi connectivity index (χ3v) is 5.26. The highest BCUT2D eigenvalue weighted by molar-refractivity contribution is 6.80. The zero-order valence-corrected chi connectivity index (χ0v) is 18.8. The standard InChI is InChI=1S/C26H23BClN3O/c1-31(2)24-15-13-20(14-16-24)25(17-23-18-26(28)30-19-29-23)32-27(21-9-5-3-6-10-21)22-11-7-4-8-12-22/h3-19H,1-2H3/b25-17+. The predicted octanol–water partition coefficient (Wildman–Crippen LogP) is 4.52. The van der Waals surface area contributed by atoms with E-state index in [9.17, 15) is 0 Å². The van der Waals surface area contributed by atoms with E-state index >= 15 is 0 Å². The highest BCUT2D eigenvalue weighted by atomic mass is 35.5. The van der Waals surface area contributed by atoms with Crippen molar-refractivity contribution in [3.8, 4) is 0 Å². The maximum Gasteiger partial charge on any atom is 0.426 e. The molecule has 1 aromatic heterocycles. The van der Waals surface area contributed by atoms with Crippen molar-refractivity contribution in [1.29, 1.82) is 0 Å². The Morgan fingerprint density at radius 2 is 1.44 bits per heavy atom. The fourth-order valence-electron chi connectivity index (χ4n) is 3.38. The number of rotatable bonds is 7. The van der Waals surface area contributed by atoms with Gasteiger partial charge in [0.1, 0.15) is 17.2 Å². The van der Waals surface area contributed by atoms with Crippen molar-refractivity contribution in [2.24, 2.45) is 0 Å². The van der Waals surface area contributed by atoms with Crippen molar-refractivity contribution >= 4 is 47.0 Å². The van der Waals surface area contributed by atoms with Crippen molar-refractivity contribution < 1.29 is 4.65 Å². The van der Waals surface area contributed by atoms with Gasteiger partial charge in [-0.05, 0) is 35.2 Å². The lowest BCUT2D eigenvalue weighted by Gasteiger charge is -2.20. The molecule has 3 aromatic carbocycles. The number of hydrogen-bond acceptors (Lipinski definition) is 4. The van der Waals surface area contributed by atoms with Gasteiger partial charge in [-0.2, -0.15) is 0 Å². The predicted molar refractivity (Wildman–Crippen MR) is 135 cm³/mol. The quantitative estimate of drug-likeness (QED) is 0.241. The molecular formula is C26H23BClN3O. The van der Waals surface area contributed by atoms with E-state index in [4.69, 9.17) is 16.3 Å². The molecule has 4 aromatic rings. The molecule has 0 saturated carbocycles. The minimum absolute atomic E-state index is 0.283. The Bertz CT molecular complexity index is 1140.